The molecule has 1 unspecified atom stereocenters. The van der Waals surface area contributed by atoms with Gasteiger partial charge in [-0.2, -0.15) is 0 Å². The van der Waals surface area contributed by atoms with E-state index >= 15 is 0 Å². The molecule has 1 aromatic carbocycles. The molecular formula is C14H19BrO. The molecule has 0 saturated carbocycles. The second kappa shape index (κ2) is 5.33. The lowest BCUT2D eigenvalue weighted by Crippen LogP contribution is -2.37. The first-order valence-corrected chi connectivity index (χ1v) is 7.16. The van der Waals surface area contributed by atoms with Gasteiger partial charge < -0.3 is 4.74 Å². The first kappa shape index (κ1) is 12.1. The molecule has 0 heterocycles. The van der Waals surface area contributed by atoms with Gasteiger partial charge in [0.1, 0.15) is 0 Å². The van der Waals surface area contributed by atoms with Crippen molar-refractivity contribution >= 4 is 15.9 Å². The fraction of sp³-hybridized carbons (Fsp3) is 0.571. The second-order valence-electron chi connectivity index (χ2n) is 4.56. The van der Waals surface area contributed by atoms with Crippen LogP contribution in [0.4, 0.5) is 0 Å². The van der Waals surface area contributed by atoms with Gasteiger partial charge in [-0.3, -0.25) is 0 Å². The fourth-order valence-corrected chi connectivity index (χ4v) is 3.38. The van der Waals surface area contributed by atoms with Gasteiger partial charge in [-0.1, -0.05) is 40.2 Å². The number of fused-ring (bicyclic) bond motifs is 1. The molecule has 0 aliphatic heterocycles. The summed E-state index contributed by atoms with van der Waals surface area (Å²) in [6.07, 6.45) is 3.72. The van der Waals surface area contributed by atoms with Gasteiger partial charge in [0, 0.05) is 17.4 Å². The van der Waals surface area contributed by atoms with E-state index in [0.717, 1.165) is 18.5 Å². The molecule has 1 atom stereocenters. The number of ether oxygens (including phenoxy) is 1. The molecule has 88 valence electrons. The zero-order valence-electron chi connectivity index (χ0n) is 9.84. The monoisotopic (exact) mass is 282 g/mol. The SMILES string of the molecule is CCOCC1(CBr)CCCc2ccccc21. The summed E-state index contributed by atoms with van der Waals surface area (Å²) in [5, 5.41) is 0.997. The van der Waals surface area contributed by atoms with Gasteiger partial charge >= 0.3 is 0 Å². The lowest BCUT2D eigenvalue weighted by Gasteiger charge is -2.37. The molecule has 1 nitrogen and oxygen atoms in total. The van der Waals surface area contributed by atoms with E-state index in [0.29, 0.717) is 0 Å². The molecule has 2 heteroatoms. The van der Waals surface area contributed by atoms with E-state index < -0.39 is 0 Å². The topological polar surface area (TPSA) is 9.23 Å². The number of hydrogen-bond acceptors (Lipinski definition) is 1. The molecule has 0 saturated heterocycles. The maximum Gasteiger partial charge on any atom is 0.0570 e. The van der Waals surface area contributed by atoms with Crippen molar-refractivity contribution in [3.63, 3.8) is 0 Å². The summed E-state index contributed by atoms with van der Waals surface area (Å²) in [7, 11) is 0. The summed E-state index contributed by atoms with van der Waals surface area (Å²) in [6.45, 7) is 3.71. The van der Waals surface area contributed by atoms with Crippen LogP contribution in [0.1, 0.15) is 30.9 Å². The number of aryl methyl sites for hydroxylation is 1. The molecule has 0 N–H and O–H groups in total. The third kappa shape index (κ3) is 2.18. The van der Waals surface area contributed by atoms with Crippen molar-refractivity contribution in [2.75, 3.05) is 18.5 Å². The molecule has 0 fully saturated rings. The van der Waals surface area contributed by atoms with E-state index in [4.69, 9.17) is 4.74 Å². The highest BCUT2D eigenvalue weighted by Gasteiger charge is 2.35. The Morgan fingerprint density at radius 3 is 2.94 bits per heavy atom. The average molecular weight is 283 g/mol. The van der Waals surface area contributed by atoms with Crippen molar-refractivity contribution in [3.05, 3.63) is 35.4 Å². The van der Waals surface area contributed by atoms with E-state index in [-0.39, 0.29) is 5.41 Å². The van der Waals surface area contributed by atoms with Crippen molar-refractivity contribution in [2.24, 2.45) is 0 Å². The van der Waals surface area contributed by atoms with Crippen LogP contribution in [-0.2, 0) is 16.6 Å². The number of benzene rings is 1. The quantitative estimate of drug-likeness (QED) is 0.766. The minimum atomic E-state index is 0.199. The summed E-state index contributed by atoms with van der Waals surface area (Å²) in [5.74, 6) is 0. The zero-order chi connectivity index (χ0) is 11.4. The Morgan fingerprint density at radius 2 is 2.19 bits per heavy atom. The molecule has 0 bridgehead atoms. The van der Waals surface area contributed by atoms with E-state index in [1.165, 1.54) is 30.4 Å². The molecule has 1 aromatic rings. The predicted octanol–water partition coefficient (Wildman–Crippen LogP) is 3.69. The fourth-order valence-electron chi connectivity index (χ4n) is 2.63. The number of alkyl halides is 1. The van der Waals surface area contributed by atoms with E-state index in [9.17, 15) is 0 Å². The molecule has 0 spiro atoms. The molecule has 2 rings (SSSR count). The summed E-state index contributed by atoms with van der Waals surface area (Å²) >= 11 is 3.69. The normalized spacial score (nSPS) is 24.1. The maximum atomic E-state index is 5.69. The maximum absolute atomic E-state index is 5.69. The highest BCUT2D eigenvalue weighted by molar-refractivity contribution is 9.09. The third-order valence-electron chi connectivity index (χ3n) is 3.53. The highest BCUT2D eigenvalue weighted by atomic mass is 79.9. The van der Waals surface area contributed by atoms with Crippen molar-refractivity contribution in [3.8, 4) is 0 Å². The Morgan fingerprint density at radius 1 is 1.38 bits per heavy atom. The average Bonchev–Trinajstić information content (AvgIpc) is 2.36. The molecule has 1 aliphatic carbocycles. The van der Waals surface area contributed by atoms with Crippen LogP contribution in [0.5, 0.6) is 0 Å². The van der Waals surface area contributed by atoms with Crippen molar-refractivity contribution in [2.45, 2.75) is 31.6 Å². The van der Waals surface area contributed by atoms with Gasteiger partial charge in [0.15, 0.2) is 0 Å². The van der Waals surface area contributed by atoms with Crippen molar-refractivity contribution in [1.82, 2.24) is 0 Å². The number of rotatable bonds is 4. The third-order valence-corrected chi connectivity index (χ3v) is 4.60. The standard InChI is InChI=1S/C14H19BrO/c1-2-16-11-14(10-15)9-5-7-12-6-3-4-8-13(12)14/h3-4,6,8H,2,5,7,9-11H2,1H3. The smallest absolute Gasteiger partial charge is 0.0570 e. The van der Waals surface area contributed by atoms with Crippen LogP contribution in [0.2, 0.25) is 0 Å². The van der Waals surface area contributed by atoms with Gasteiger partial charge in [0.25, 0.3) is 0 Å². The van der Waals surface area contributed by atoms with Gasteiger partial charge in [-0.25, -0.2) is 0 Å². The zero-order valence-corrected chi connectivity index (χ0v) is 11.4. The minimum Gasteiger partial charge on any atom is -0.381 e. The van der Waals surface area contributed by atoms with Crippen molar-refractivity contribution in [1.29, 1.82) is 0 Å². The van der Waals surface area contributed by atoms with Crippen LogP contribution >= 0.6 is 15.9 Å². The highest BCUT2D eigenvalue weighted by Crippen LogP contribution is 2.39. The van der Waals surface area contributed by atoms with Crippen LogP contribution in [-0.4, -0.2) is 18.5 Å². The Labute approximate surface area is 106 Å². The Bertz CT molecular complexity index is 350. The summed E-state index contributed by atoms with van der Waals surface area (Å²) in [4.78, 5) is 0. The van der Waals surface area contributed by atoms with Gasteiger partial charge in [0.2, 0.25) is 0 Å². The Hall–Kier alpha value is -0.340. The van der Waals surface area contributed by atoms with Crippen LogP contribution < -0.4 is 0 Å². The van der Waals surface area contributed by atoms with Crippen molar-refractivity contribution < 1.29 is 4.74 Å². The summed E-state index contributed by atoms with van der Waals surface area (Å²) in [5.41, 5.74) is 3.20. The first-order chi connectivity index (χ1) is 7.82. The minimum absolute atomic E-state index is 0.199. The molecule has 0 amide bonds. The second-order valence-corrected chi connectivity index (χ2v) is 5.12. The molecule has 1 aliphatic rings. The van der Waals surface area contributed by atoms with Crippen LogP contribution in [0.15, 0.2) is 24.3 Å². The predicted molar refractivity (Wildman–Crippen MR) is 71.3 cm³/mol. The van der Waals surface area contributed by atoms with Gasteiger partial charge in [-0.15, -0.1) is 0 Å². The Balaban J connectivity index is 2.33. The summed E-state index contributed by atoms with van der Waals surface area (Å²) < 4.78 is 5.69. The van der Waals surface area contributed by atoms with Gasteiger partial charge in [0.05, 0.1) is 6.61 Å². The van der Waals surface area contributed by atoms with Crippen LogP contribution in [0.25, 0.3) is 0 Å². The first-order valence-electron chi connectivity index (χ1n) is 6.04. The number of hydrogen-bond donors (Lipinski definition) is 0. The van der Waals surface area contributed by atoms with E-state index in [1.807, 2.05) is 0 Å². The Kier molecular flexibility index (Phi) is 4.04. The lowest BCUT2D eigenvalue weighted by molar-refractivity contribution is 0.0932. The number of halogens is 1. The lowest BCUT2D eigenvalue weighted by atomic mass is 9.72. The van der Waals surface area contributed by atoms with E-state index in [1.54, 1.807) is 0 Å². The van der Waals surface area contributed by atoms with Crippen LogP contribution in [0, 0.1) is 0 Å². The molecule has 0 aromatic heterocycles. The molecule has 16 heavy (non-hydrogen) atoms. The van der Waals surface area contributed by atoms with Gasteiger partial charge in [-0.05, 0) is 37.3 Å². The summed E-state index contributed by atoms with van der Waals surface area (Å²) in [6, 6.07) is 8.82. The molecule has 0 radical (unpaired) electrons. The largest absolute Gasteiger partial charge is 0.381 e. The van der Waals surface area contributed by atoms with Crippen LogP contribution in [0.3, 0.4) is 0 Å². The molecular weight excluding hydrogens is 264 g/mol. The van der Waals surface area contributed by atoms with E-state index in [2.05, 4.69) is 47.1 Å².